The van der Waals surface area contributed by atoms with Gasteiger partial charge in [0.05, 0.1) is 11.3 Å². The smallest absolute Gasteiger partial charge is 0.269 e. The van der Waals surface area contributed by atoms with Gasteiger partial charge in [-0.2, -0.15) is 0 Å². The summed E-state index contributed by atoms with van der Waals surface area (Å²) in [4.78, 5) is 35.8. The van der Waals surface area contributed by atoms with Gasteiger partial charge >= 0.3 is 0 Å². The van der Waals surface area contributed by atoms with E-state index in [1.807, 2.05) is 24.3 Å². The number of amides is 2. The lowest BCUT2D eigenvalue weighted by Crippen LogP contribution is -2.30. The second-order valence-corrected chi connectivity index (χ2v) is 6.57. The maximum Gasteiger partial charge on any atom is 0.269 e. The van der Waals surface area contributed by atoms with Gasteiger partial charge in [-0.1, -0.05) is 12.1 Å². The third-order valence-electron chi connectivity index (χ3n) is 4.54. The highest BCUT2D eigenvalue weighted by Gasteiger charge is 2.21. The van der Waals surface area contributed by atoms with Crippen molar-refractivity contribution in [2.24, 2.45) is 0 Å². The summed E-state index contributed by atoms with van der Waals surface area (Å²) in [6.45, 7) is 1.70. The van der Waals surface area contributed by atoms with E-state index in [2.05, 4.69) is 10.6 Å². The van der Waals surface area contributed by atoms with Crippen LogP contribution in [0, 0.1) is 10.1 Å². The Kier molecular flexibility index (Phi) is 6.21. The summed E-state index contributed by atoms with van der Waals surface area (Å²) < 4.78 is 0. The molecule has 28 heavy (non-hydrogen) atoms. The van der Waals surface area contributed by atoms with Crippen molar-refractivity contribution in [2.45, 2.75) is 19.3 Å². The summed E-state index contributed by atoms with van der Waals surface area (Å²) in [5.74, 6) is 0.0570. The molecule has 0 unspecified atom stereocenters. The molecule has 0 aliphatic carbocycles. The van der Waals surface area contributed by atoms with Crippen molar-refractivity contribution in [2.75, 3.05) is 29.9 Å². The zero-order valence-corrected chi connectivity index (χ0v) is 15.4. The van der Waals surface area contributed by atoms with Gasteiger partial charge < -0.3 is 15.5 Å². The first kappa shape index (κ1) is 19.3. The molecular weight excluding hydrogens is 360 g/mol. The molecule has 1 aliphatic rings. The molecule has 0 saturated carbocycles. The highest BCUT2D eigenvalue weighted by atomic mass is 16.6. The third-order valence-corrected chi connectivity index (χ3v) is 4.54. The van der Waals surface area contributed by atoms with Crippen LogP contribution in [0.15, 0.2) is 48.5 Å². The Morgan fingerprint density at radius 2 is 1.79 bits per heavy atom. The Morgan fingerprint density at radius 3 is 2.39 bits per heavy atom. The van der Waals surface area contributed by atoms with Gasteiger partial charge in [0, 0.05) is 49.6 Å². The fraction of sp³-hybridized carbons (Fsp3) is 0.300. The van der Waals surface area contributed by atoms with E-state index in [-0.39, 0.29) is 23.9 Å². The van der Waals surface area contributed by atoms with Crippen molar-refractivity contribution >= 4 is 28.9 Å². The Morgan fingerprint density at radius 1 is 1.07 bits per heavy atom. The average Bonchev–Trinajstić information content (AvgIpc) is 3.12. The minimum absolute atomic E-state index is 0.0407. The van der Waals surface area contributed by atoms with E-state index in [0.717, 1.165) is 29.9 Å². The molecule has 2 N–H and O–H groups in total. The molecule has 0 bridgehead atoms. The molecule has 1 heterocycles. The van der Waals surface area contributed by atoms with Crippen LogP contribution in [0.1, 0.15) is 18.4 Å². The first-order valence-corrected chi connectivity index (χ1v) is 9.17. The molecule has 3 rings (SSSR count). The van der Waals surface area contributed by atoms with E-state index in [1.54, 1.807) is 17.0 Å². The summed E-state index contributed by atoms with van der Waals surface area (Å²) in [5.41, 5.74) is 2.56. The van der Waals surface area contributed by atoms with Crippen molar-refractivity contribution in [1.29, 1.82) is 0 Å². The summed E-state index contributed by atoms with van der Waals surface area (Å²) in [6, 6.07) is 13.6. The van der Waals surface area contributed by atoms with Gasteiger partial charge in [-0.15, -0.1) is 0 Å². The van der Waals surface area contributed by atoms with Crippen molar-refractivity contribution in [3.63, 3.8) is 0 Å². The molecule has 0 radical (unpaired) electrons. The number of carbonyl (C=O) groups is 2. The molecule has 0 atom stereocenters. The number of hydrogen-bond acceptors (Lipinski definition) is 5. The molecule has 0 spiro atoms. The van der Waals surface area contributed by atoms with Crippen LogP contribution >= 0.6 is 0 Å². The largest absolute Gasteiger partial charge is 0.383 e. The normalized spacial score (nSPS) is 13.4. The number of anilines is 2. The van der Waals surface area contributed by atoms with Gasteiger partial charge in [-0.3, -0.25) is 19.7 Å². The topological polar surface area (TPSA) is 105 Å². The highest BCUT2D eigenvalue weighted by Crippen LogP contribution is 2.21. The SMILES string of the molecule is O=C(Cc1ccc(N2CCCC2=O)cc1)NCCNc1ccc([N+](=O)[O-])cc1. The van der Waals surface area contributed by atoms with Crippen LogP contribution in [-0.4, -0.2) is 36.4 Å². The molecule has 2 aromatic carbocycles. The quantitative estimate of drug-likeness (QED) is 0.415. The lowest BCUT2D eigenvalue weighted by molar-refractivity contribution is -0.384. The summed E-state index contributed by atoms with van der Waals surface area (Å²) >= 11 is 0. The van der Waals surface area contributed by atoms with Crippen LogP contribution in [0.2, 0.25) is 0 Å². The number of nitro benzene ring substituents is 1. The van der Waals surface area contributed by atoms with Crippen LogP contribution in [0.25, 0.3) is 0 Å². The Hall–Kier alpha value is -3.42. The molecule has 1 aliphatic heterocycles. The van der Waals surface area contributed by atoms with Crippen LogP contribution in [0.5, 0.6) is 0 Å². The van der Waals surface area contributed by atoms with Gasteiger partial charge in [0.1, 0.15) is 0 Å². The first-order chi connectivity index (χ1) is 13.5. The number of non-ortho nitro benzene ring substituents is 1. The molecule has 1 saturated heterocycles. The molecule has 1 fully saturated rings. The number of hydrogen-bond donors (Lipinski definition) is 2. The standard InChI is InChI=1S/C20H22N4O4/c25-19(22-12-11-21-16-5-9-18(10-6-16)24(27)28)14-15-3-7-17(8-4-15)23-13-1-2-20(23)26/h3-10,21H,1-2,11-14H2,(H,22,25). The fourth-order valence-electron chi connectivity index (χ4n) is 3.07. The summed E-state index contributed by atoms with van der Waals surface area (Å²) in [5, 5.41) is 16.5. The van der Waals surface area contributed by atoms with Crippen LogP contribution in [-0.2, 0) is 16.0 Å². The lowest BCUT2D eigenvalue weighted by atomic mass is 10.1. The lowest BCUT2D eigenvalue weighted by Gasteiger charge is -2.15. The fourth-order valence-corrected chi connectivity index (χ4v) is 3.07. The third kappa shape index (κ3) is 5.06. The molecule has 0 aromatic heterocycles. The molecule has 8 heteroatoms. The number of rotatable bonds is 8. The van der Waals surface area contributed by atoms with Crippen LogP contribution < -0.4 is 15.5 Å². The minimum atomic E-state index is -0.445. The van der Waals surface area contributed by atoms with E-state index in [4.69, 9.17) is 0 Å². The Labute approximate surface area is 162 Å². The van der Waals surface area contributed by atoms with Crippen molar-refractivity contribution in [3.8, 4) is 0 Å². The number of carbonyl (C=O) groups excluding carboxylic acids is 2. The first-order valence-electron chi connectivity index (χ1n) is 9.17. The minimum Gasteiger partial charge on any atom is -0.383 e. The van der Waals surface area contributed by atoms with Crippen LogP contribution in [0.3, 0.4) is 0 Å². The molecule has 2 amide bonds. The van der Waals surface area contributed by atoms with Crippen molar-refractivity contribution in [3.05, 3.63) is 64.2 Å². The summed E-state index contributed by atoms with van der Waals surface area (Å²) in [6.07, 6.45) is 1.75. The van der Waals surface area contributed by atoms with Gasteiger partial charge in [0.25, 0.3) is 5.69 Å². The van der Waals surface area contributed by atoms with E-state index in [1.165, 1.54) is 12.1 Å². The Balaban J connectivity index is 1.39. The molecule has 8 nitrogen and oxygen atoms in total. The molecular formula is C20H22N4O4. The van der Waals surface area contributed by atoms with E-state index in [0.29, 0.717) is 19.5 Å². The van der Waals surface area contributed by atoms with E-state index >= 15 is 0 Å². The Bertz CT molecular complexity index is 850. The zero-order chi connectivity index (χ0) is 19.9. The van der Waals surface area contributed by atoms with Crippen molar-refractivity contribution in [1.82, 2.24) is 5.32 Å². The van der Waals surface area contributed by atoms with Gasteiger partial charge in [-0.25, -0.2) is 0 Å². The van der Waals surface area contributed by atoms with E-state index < -0.39 is 4.92 Å². The number of nitrogens with zero attached hydrogens (tertiary/aromatic N) is 2. The van der Waals surface area contributed by atoms with Crippen LogP contribution in [0.4, 0.5) is 17.1 Å². The number of benzene rings is 2. The average molecular weight is 382 g/mol. The molecule has 146 valence electrons. The molecule has 2 aromatic rings. The maximum absolute atomic E-state index is 12.1. The van der Waals surface area contributed by atoms with Crippen molar-refractivity contribution < 1.29 is 14.5 Å². The van der Waals surface area contributed by atoms with Gasteiger partial charge in [0.2, 0.25) is 11.8 Å². The number of nitro groups is 1. The highest BCUT2D eigenvalue weighted by molar-refractivity contribution is 5.95. The summed E-state index contributed by atoms with van der Waals surface area (Å²) in [7, 11) is 0. The number of nitrogens with one attached hydrogen (secondary N) is 2. The second kappa shape index (κ2) is 8.98. The van der Waals surface area contributed by atoms with Gasteiger partial charge in [-0.05, 0) is 36.2 Å². The predicted octanol–water partition coefficient (Wildman–Crippen LogP) is 2.49. The van der Waals surface area contributed by atoms with E-state index in [9.17, 15) is 19.7 Å². The monoisotopic (exact) mass is 382 g/mol. The maximum atomic E-state index is 12.1. The predicted molar refractivity (Wildman–Crippen MR) is 106 cm³/mol. The van der Waals surface area contributed by atoms with Gasteiger partial charge in [0.15, 0.2) is 0 Å². The zero-order valence-electron chi connectivity index (χ0n) is 15.4. The second-order valence-electron chi connectivity index (χ2n) is 6.57.